The Morgan fingerprint density at radius 3 is 2.48 bits per heavy atom. The molecule has 0 fully saturated rings. The molecule has 0 saturated carbocycles. The van der Waals surface area contributed by atoms with Crippen LogP contribution in [0, 0.1) is 11.1 Å². The van der Waals surface area contributed by atoms with Crippen LogP contribution in [0.4, 0.5) is 0 Å². The molecule has 2 aromatic rings. The van der Waals surface area contributed by atoms with Gasteiger partial charge in [0.1, 0.15) is 6.61 Å². The molecule has 0 aliphatic carbocycles. The van der Waals surface area contributed by atoms with Crippen molar-refractivity contribution in [2.45, 2.75) is 26.9 Å². The summed E-state index contributed by atoms with van der Waals surface area (Å²) in [6.45, 7) is 4.18. The van der Waals surface area contributed by atoms with E-state index in [0.717, 1.165) is 5.56 Å². The Hall–Kier alpha value is -2.83. The summed E-state index contributed by atoms with van der Waals surface area (Å²) in [6, 6.07) is 9.49. The van der Waals surface area contributed by atoms with Gasteiger partial charge < -0.3 is 19.4 Å². The summed E-state index contributed by atoms with van der Waals surface area (Å²) in [6.07, 6.45) is 0.429. The largest absolute Gasteiger partial charge is 0.616 e. The minimum atomic E-state index is -0.762. The van der Waals surface area contributed by atoms with E-state index in [-0.39, 0.29) is 30.0 Å². The molecule has 1 aromatic heterocycles. The number of nitrogens with zero attached hydrogens (tertiary/aromatic N) is 2. The zero-order chi connectivity index (χ0) is 18.4. The lowest BCUT2D eigenvalue weighted by atomic mass is 10.1. The minimum Gasteiger partial charge on any atom is -0.616 e. The number of esters is 1. The molecular formula is C18H22N2O5. The predicted molar refractivity (Wildman–Crippen MR) is 90.4 cm³/mol. The Morgan fingerprint density at radius 2 is 1.92 bits per heavy atom. The number of hydrogen-bond acceptors (Lipinski definition) is 6. The average molecular weight is 346 g/mol. The first kappa shape index (κ1) is 18.5. The van der Waals surface area contributed by atoms with Crippen LogP contribution in [0.25, 0.3) is 0 Å². The van der Waals surface area contributed by atoms with Gasteiger partial charge in [-0.05, 0) is 11.5 Å². The maximum Gasteiger partial charge on any atom is 0.414 e. The number of carbonyl (C=O) groups excluding carboxylic acids is 1. The van der Waals surface area contributed by atoms with Gasteiger partial charge in [0.25, 0.3) is 17.3 Å². The fraction of sp³-hybridized carbons (Fsp3) is 0.389. The second-order valence-electron chi connectivity index (χ2n) is 5.88. The van der Waals surface area contributed by atoms with Gasteiger partial charge in [0.15, 0.2) is 0 Å². The van der Waals surface area contributed by atoms with Crippen molar-refractivity contribution in [2.24, 2.45) is 5.92 Å². The lowest BCUT2D eigenvalue weighted by Crippen LogP contribution is -2.38. The number of rotatable bonds is 7. The van der Waals surface area contributed by atoms with Gasteiger partial charge in [-0.25, -0.2) is 4.79 Å². The molecule has 0 aliphatic heterocycles. The zero-order valence-corrected chi connectivity index (χ0v) is 14.8. The first-order valence-electron chi connectivity index (χ1n) is 7.93. The van der Waals surface area contributed by atoms with Crippen LogP contribution in [-0.4, -0.2) is 25.2 Å². The van der Waals surface area contributed by atoms with E-state index >= 15 is 0 Å². The SMILES string of the molecule is COC(=O)c1nc(OCc2ccccc2)c(CC(C)C)[n+]([O-])c1OC. The predicted octanol–water partition coefficient (Wildman–Crippen LogP) is 2.29. The molecule has 0 atom stereocenters. The quantitative estimate of drug-likeness (QED) is 0.434. The van der Waals surface area contributed by atoms with E-state index in [2.05, 4.69) is 9.72 Å². The number of hydrogen-bond donors (Lipinski definition) is 0. The lowest BCUT2D eigenvalue weighted by Gasteiger charge is -2.15. The summed E-state index contributed by atoms with van der Waals surface area (Å²) in [4.78, 5) is 16.1. The van der Waals surface area contributed by atoms with Crippen molar-refractivity contribution in [2.75, 3.05) is 14.2 Å². The van der Waals surface area contributed by atoms with Crippen LogP contribution in [0.15, 0.2) is 30.3 Å². The fourth-order valence-electron chi connectivity index (χ4n) is 2.33. The number of ether oxygens (including phenoxy) is 3. The minimum absolute atomic E-state index is 0.105. The van der Waals surface area contributed by atoms with E-state index < -0.39 is 5.97 Å². The number of benzene rings is 1. The molecule has 1 heterocycles. The number of methoxy groups -OCH3 is 2. The van der Waals surface area contributed by atoms with Gasteiger partial charge in [-0.1, -0.05) is 44.2 Å². The average Bonchev–Trinajstić information content (AvgIpc) is 2.61. The van der Waals surface area contributed by atoms with Crippen molar-refractivity contribution in [3.05, 3.63) is 52.5 Å². The summed E-state index contributed by atoms with van der Waals surface area (Å²) in [5, 5.41) is 12.7. The molecule has 134 valence electrons. The number of carbonyl (C=O) groups is 1. The third-order valence-electron chi connectivity index (χ3n) is 3.48. The van der Waals surface area contributed by atoms with Gasteiger partial charge in [0.2, 0.25) is 0 Å². The van der Waals surface area contributed by atoms with E-state index in [9.17, 15) is 10.0 Å². The van der Waals surface area contributed by atoms with E-state index in [1.54, 1.807) is 0 Å². The van der Waals surface area contributed by atoms with Crippen LogP contribution in [0.5, 0.6) is 11.8 Å². The van der Waals surface area contributed by atoms with E-state index in [1.807, 2.05) is 44.2 Å². The fourth-order valence-corrected chi connectivity index (χ4v) is 2.33. The van der Waals surface area contributed by atoms with Gasteiger partial charge in [-0.15, -0.1) is 4.73 Å². The van der Waals surface area contributed by atoms with Crippen molar-refractivity contribution in [3.63, 3.8) is 0 Å². The molecule has 0 bridgehead atoms. The molecule has 25 heavy (non-hydrogen) atoms. The topological polar surface area (TPSA) is 84.6 Å². The first-order valence-corrected chi connectivity index (χ1v) is 7.93. The van der Waals surface area contributed by atoms with Crippen molar-refractivity contribution < 1.29 is 23.7 Å². The monoisotopic (exact) mass is 346 g/mol. The summed E-state index contributed by atoms with van der Waals surface area (Å²) in [5.74, 6) is -0.666. The highest BCUT2D eigenvalue weighted by atomic mass is 16.6. The van der Waals surface area contributed by atoms with Crippen molar-refractivity contribution in [1.82, 2.24) is 4.98 Å². The molecule has 0 spiro atoms. The van der Waals surface area contributed by atoms with E-state index in [0.29, 0.717) is 16.8 Å². The van der Waals surface area contributed by atoms with Gasteiger partial charge >= 0.3 is 11.8 Å². The van der Waals surface area contributed by atoms with Gasteiger partial charge in [-0.3, -0.25) is 0 Å². The standard InChI is InChI=1S/C18H22N2O5/c1-12(2)10-14-16(25-11-13-8-6-5-7-9-13)19-15(18(21)24-4)17(23-3)20(14)22/h5-9,12H,10-11H2,1-4H3. The van der Waals surface area contributed by atoms with Crippen LogP contribution in [0.2, 0.25) is 0 Å². The normalized spacial score (nSPS) is 10.6. The highest BCUT2D eigenvalue weighted by molar-refractivity contribution is 5.89. The molecule has 1 aromatic carbocycles. The molecule has 0 unspecified atom stereocenters. The second kappa shape index (κ2) is 8.32. The third kappa shape index (κ3) is 4.37. The Labute approximate surface area is 146 Å². The highest BCUT2D eigenvalue weighted by Gasteiger charge is 2.31. The molecule has 0 amide bonds. The molecular weight excluding hydrogens is 324 g/mol. The third-order valence-corrected chi connectivity index (χ3v) is 3.48. The summed E-state index contributed by atoms with van der Waals surface area (Å²) < 4.78 is 16.1. The zero-order valence-electron chi connectivity index (χ0n) is 14.8. The van der Waals surface area contributed by atoms with Crippen molar-refractivity contribution >= 4 is 5.97 Å². The summed E-state index contributed by atoms with van der Waals surface area (Å²) in [7, 11) is 2.52. The lowest BCUT2D eigenvalue weighted by molar-refractivity contribution is -0.622. The first-order chi connectivity index (χ1) is 12.0. The van der Waals surface area contributed by atoms with Crippen LogP contribution >= 0.6 is 0 Å². The van der Waals surface area contributed by atoms with Gasteiger partial charge in [0.05, 0.1) is 14.2 Å². The molecule has 0 radical (unpaired) electrons. The van der Waals surface area contributed by atoms with Gasteiger partial charge in [-0.2, -0.15) is 4.98 Å². The molecule has 0 saturated heterocycles. The van der Waals surface area contributed by atoms with Crippen molar-refractivity contribution in [3.8, 4) is 11.8 Å². The summed E-state index contributed by atoms with van der Waals surface area (Å²) >= 11 is 0. The molecule has 0 N–H and O–H groups in total. The van der Waals surface area contributed by atoms with Crippen molar-refractivity contribution in [1.29, 1.82) is 0 Å². The Morgan fingerprint density at radius 1 is 1.24 bits per heavy atom. The molecule has 0 aliphatic rings. The number of aromatic nitrogens is 2. The van der Waals surface area contributed by atoms with Crippen LogP contribution in [0.1, 0.15) is 35.6 Å². The Balaban J connectivity index is 2.46. The second-order valence-corrected chi connectivity index (χ2v) is 5.88. The molecule has 7 heteroatoms. The van der Waals surface area contributed by atoms with E-state index in [4.69, 9.17) is 9.47 Å². The Kier molecular flexibility index (Phi) is 6.16. The molecule has 7 nitrogen and oxygen atoms in total. The summed E-state index contributed by atoms with van der Waals surface area (Å²) in [5.41, 5.74) is 1.03. The highest BCUT2D eigenvalue weighted by Crippen LogP contribution is 2.23. The van der Waals surface area contributed by atoms with Gasteiger partial charge in [0, 0.05) is 6.42 Å². The Bertz CT molecular complexity index is 732. The maximum absolute atomic E-state index is 12.7. The maximum atomic E-state index is 12.7. The van der Waals surface area contributed by atoms with Crippen LogP contribution in [0.3, 0.4) is 0 Å². The smallest absolute Gasteiger partial charge is 0.414 e. The molecule has 2 rings (SSSR count). The van der Waals surface area contributed by atoms with Crippen LogP contribution < -0.4 is 14.2 Å². The van der Waals surface area contributed by atoms with E-state index in [1.165, 1.54) is 14.2 Å². The van der Waals surface area contributed by atoms with Crippen LogP contribution in [-0.2, 0) is 17.8 Å².